The molecule has 96 valence electrons. The number of hydrogen-bond donors (Lipinski definition) is 2. The third kappa shape index (κ3) is 4.72. The number of rotatable bonds is 8. The average molecular weight is 254 g/mol. The molecule has 0 heterocycles. The Morgan fingerprint density at radius 2 is 1.69 bits per heavy atom. The summed E-state index contributed by atoms with van der Waals surface area (Å²) in [6.07, 6.45) is -1.65. The molecule has 0 spiro atoms. The molecule has 1 unspecified atom stereocenters. The number of carbonyl (C=O) groups is 1. The zero-order valence-corrected chi connectivity index (χ0v) is 10.6. The Hall–Kier alpha value is -0.260. The van der Waals surface area contributed by atoms with E-state index in [1.807, 2.05) is 0 Å². The van der Waals surface area contributed by atoms with Crippen molar-refractivity contribution in [1.82, 2.24) is 0 Å². The van der Waals surface area contributed by atoms with Crippen molar-refractivity contribution in [3.8, 4) is 0 Å². The van der Waals surface area contributed by atoms with Gasteiger partial charge in [0.15, 0.2) is 11.6 Å². The summed E-state index contributed by atoms with van der Waals surface area (Å²) in [5, 5.41) is 18.6. The maximum atomic E-state index is 11.9. The fraction of sp³-hybridized carbons (Fsp3) is 0.889. The van der Waals surface area contributed by atoms with Gasteiger partial charge in [0.2, 0.25) is 0 Å². The van der Waals surface area contributed by atoms with E-state index >= 15 is 0 Å². The lowest BCUT2D eigenvalue weighted by Crippen LogP contribution is -2.23. The van der Waals surface area contributed by atoms with E-state index in [4.69, 9.17) is 14.2 Å². The summed E-state index contributed by atoms with van der Waals surface area (Å²) in [6.45, 7) is 4.71. The van der Waals surface area contributed by atoms with Crippen LogP contribution in [0.25, 0.3) is 0 Å². The van der Waals surface area contributed by atoms with Crippen LogP contribution in [0.15, 0.2) is 0 Å². The highest BCUT2D eigenvalue weighted by Crippen LogP contribution is 2.53. The van der Waals surface area contributed by atoms with E-state index in [9.17, 15) is 14.5 Å². The van der Waals surface area contributed by atoms with Gasteiger partial charge < -0.3 is 19.3 Å². The minimum atomic E-state index is -3.68. The number of hydrogen-bond acceptors (Lipinski definition) is 6. The van der Waals surface area contributed by atoms with Gasteiger partial charge in [-0.15, -0.1) is 0 Å². The normalized spacial score (nSPS) is 15.8. The van der Waals surface area contributed by atoms with Gasteiger partial charge in [0.25, 0.3) is 0 Å². The van der Waals surface area contributed by atoms with Crippen LogP contribution in [0.3, 0.4) is 0 Å². The first-order valence-electron chi connectivity index (χ1n) is 5.15. The zero-order chi connectivity index (χ0) is 12.8. The topological polar surface area (TPSA) is 93.1 Å². The van der Waals surface area contributed by atoms with E-state index in [1.165, 1.54) is 6.92 Å². The van der Waals surface area contributed by atoms with E-state index in [0.717, 1.165) is 0 Å². The van der Waals surface area contributed by atoms with Crippen molar-refractivity contribution >= 4 is 13.4 Å². The summed E-state index contributed by atoms with van der Waals surface area (Å²) in [6, 6.07) is 0. The summed E-state index contributed by atoms with van der Waals surface area (Å²) in [5.41, 5.74) is 0. The highest BCUT2D eigenvalue weighted by molar-refractivity contribution is 7.54. The molecule has 0 aromatic carbocycles. The number of aliphatic hydroxyl groups is 2. The smallest absolute Gasteiger partial charge is 0.359 e. The predicted octanol–water partition coefficient (Wildman–Crippen LogP) is 0.911. The molecule has 0 aliphatic carbocycles. The van der Waals surface area contributed by atoms with Gasteiger partial charge in [0.05, 0.1) is 13.2 Å². The monoisotopic (exact) mass is 254 g/mol. The number of aliphatic hydroxyl groups excluding tert-OH is 2. The maximum Gasteiger partial charge on any atom is 0.359 e. The molecule has 7 heteroatoms. The molecular formula is C9H19O6P. The summed E-state index contributed by atoms with van der Waals surface area (Å²) < 4.78 is 21.7. The van der Waals surface area contributed by atoms with Crippen LogP contribution < -0.4 is 0 Å². The average Bonchev–Trinajstić information content (AvgIpc) is 2.18. The van der Waals surface area contributed by atoms with Gasteiger partial charge in [-0.3, -0.25) is 9.36 Å². The van der Waals surface area contributed by atoms with Gasteiger partial charge in [-0.2, -0.15) is 0 Å². The van der Waals surface area contributed by atoms with Crippen molar-refractivity contribution in [1.29, 1.82) is 0 Å². The Morgan fingerprint density at radius 3 is 2.00 bits per heavy atom. The molecule has 2 N–H and O–H groups in total. The molecule has 0 aromatic rings. The van der Waals surface area contributed by atoms with Crippen LogP contribution in [0.5, 0.6) is 0 Å². The fourth-order valence-electron chi connectivity index (χ4n) is 1.03. The van der Waals surface area contributed by atoms with Crippen molar-refractivity contribution in [3.05, 3.63) is 0 Å². The summed E-state index contributed by atoms with van der Waals surface area (Å²) >= 11 is 0. The van der Waals surface area contributed by atoms with E-state index in [2.05, 4.69) is 0 Å². The van der Waals surface area contributed by atoms with Gasteiger partial charge in [-0.25, -0.2) is 0 Å². The van der Waals surface area contributed by atoms with Gasteiger partial charge in [0.1, 0.15) is 6.10 Å². The second-order valence-corrected chi connectivity index (χ2v) is 5.39. The molecule has 6 nitrogen and oxygen atoms in total. The Bertz CT molecular complexity index is 255. The molecule has 0 fully saturated rings. The first-order chi connectivity index (χ1) is 7.37. The Balaban J connectivity index is 4.56. The molecule has 0 saturated heterocycles. The maximum absolute atomic E-state index is 11.9. The molecule has 0 bridgehead atoms. The minimum absolute atomic E-state index is 0.108. The lowest BCUT2D eigenvalue weighted by molar-refractivity contribution is -0.127. The molecular weight excluding hydrogens is 235 g/mol. The first-order valence-corrected chi connectivity index (χ1v) is 6.76. The summed E-state index contributed by atoms with van der Waals surface area (Å²) in [5.74, 6) is -2.14. The molecule has 0 aromatic heterocycles. The molecule has 2 atom stereocenters. The molecule has 16 heavy (non-hydrogen) atoms. The molecule has 0 radical (unpaired) electrons. The summed E-state index contributed by atoms with van der Waals surface area (Å²) in [4.78, 5) is 11.2. The largest absolute Gasteiger partial charge is 0.386 e. The Labute approximate surface area is 95.1 Å². The predicted molar refractivity (Wildman–Crippen MR) is 58.2 cm³/mol. The van der Waals surface area contributed by atoms with Crippen LogP contribution in [-0.4, -0.2) is 41.2 Å². The van der Waals surface area contributed by atoms with Gasteiger partial charge in [0, 0.05) is 6.42 Å². The van der Waals surface area contributed by atoms with Gasteiger partial charge >= 0.3 is 7.60 Å². The van der Waals surface area contributed by atoms with E-state index in [1.54, 1.807) is 13.8 Å². The van der Waals surface area contributed by atoms with Crippen LogP contribution in [0, 0.1) is 0 Å². The lowest BCUT2D eigenvalue weighted by atomic mass is 10.2. The van der Waals surface area contributed by atoms with Crippen LogP contribution in [0.4, 0.5) is 0 Å². The van der Waals surface area contributed by atoms with Crippen molar-refractivity contribution in [2.24, 2.45) is 0 Å². The van der Waals surface area contributed by atoms with Crippen molar-refractivity contribution in [2.75, 3.05) is 13.2 Å². The van der Waals surface area contributed by atoms with Crippen molar-refractivity contribution in [2.45, 2.75) is 39.1 Å². The third-order valence-corrected chi connectivity index (χ3v) is 3.98. The number of ketones is 1. The fourth-order valence-corrected chi connectivity index (χ4v) is 2.57. The van der Waals surface area contributed by atoms with Crippen LogP contribution in [0.2, 0.25) is 0 Å². The molecule has 0 aliphatic heterocycles. The third-order valence-electron chi connectivity index (χ3n) is 1.83. The molecule has 0 saturated carbocycles. The minimum Gasteiger partial charge on any atom is -0.386 e. The quantitative estimate of drug-likeness (QED) is 0.625. The lowest BCUT2D eigenvalue weighted by Gasteiger charge is -2.22. The Kier molecular flexibility index (Phi) is 7.03. The van der Waals surface area contributed by atoms with Gasteiger partial charge in [-0.05, 0) is 20.8 Å². The standard InChI is InChI=1S/C9H19O6P/c1-4-14-16(13,15-5-2)9(12)6-8(11)7(3)10/h7,9-10,12H,4-6H2,1-3H3/t7?,9-/m0/s1. The van der Waals surface area contributed by atoms with Crippen molar-refractivity contribution in [3.63, 3.8) is 0 Å². The van der Waals surface area contributed by atoms with E-state index in [0.29, 0.717) is 0 Å². The number of carbonyl (C=O) groups excluding carboxylic acids is 1. The highest BCUT2D eigenvalue weighted by atomic mass is 31.2. The second kappa shape index (κ2) is 7.14. The van der Waals surface area contributed by atoms with Gasteiger partial charge in [-0.1, -0.05) is 0 Å². The van der Waals surface area contributed by atoms with Crippen LogP contribution in [-0.2, 0) is 18.4 Å². The Morgan fingerprint density at radius 1 is 1.25 bits per heavy atom. The van der Waals surface area contributed by atoms with Crippen molar-refractivity contribution < 1.29 is 28.6 Å². The molecule has 0 rings (SSSR count). The highest BCUT2D eigenvalue weighted by Gasteiger charge is 2.36. The zero-order valence-electron chi connectivity index (χ0n) is 9.75. The van der Waals surface area contributed by atoms with E-state index in [-0.39, 0.29) is 13.2 Å². The first kappa shape index (κ1) is 15.7. The van der Waals surface area contributed by atoms with Crippen LogP contribution in [0.1, 0.15) is 27.2 Å². The number of Topliss-reactive ketones (excluding diaryl/α,β-unsaturated/α-hetero) is 1. The SMILES string of the molecule is CCOP(=O)(OCC)[C@H](O)CC(=O)C(C)O. The molecule has 0 amide bonds. The molecule has 0 aliphatic rings. The van der Waals surface area contributed by atoms with E-state index < -0.39 is 31.7 Å². The summed E-state index contributed by atoms with van der Waals surface area (Å²) in [7, 11) is -3.68. The van der Waals surface area contributed by atoms with Crippen LogP contribution >= 0.6 is 7.60 Å². The second-order valence-electron chi connectivity index (χ2n) is 3.20.